The number of rotatable bonds is 5. The van der Waals surface area contributed by atoms with Gasteiger partial charge in [-0.15, -0.1) is 0 Å². The van der Waals surface area contributed by atoms with Crippen molar-refractivity contribution in [1.29, 1.82) is 0 Å². The van der Waals surface area contributed by atoms with E-state index in [4.69, 9.17) is 15.2 Å². The van der Waals surface area contributed by atoms with Gasteiger partial charge in [-0.3, -0.25) is 4.79 Å². The van der Waals surface area contributed by atoms with Crippen molar-refractivity contribution in [3.05, 3.63) is 0 Å². The highest BCUT2D eigenvalue weighted by Gasteiger charge is 2.33. The zero-order valence-corrected chi connectivity index (χ0v) is 9.49. The van der Waals surface area contributed by atoms with Gasteiger partial charge in [-0.05, 0) is 13.8 Å². The number of hydrogen-bond donors (Lipinski definition) is 1. The van der Waals surface area contributed by atoms with Gasteiger partial charge in [0.1, 0.15) is 11.6 Å². The Hall–Kier alpha value is -0.650. The second-order valence-corrected chi connectivity index (χ2v) is 4.22. The van der Waals surface area contributed by atoms with E-state index in [0.29, 0.717) is 19.6 Å². The van der Waals surface area contributed by atoms with Crippen LogP contribution in [0.1, 0.15) is 20.3 Å². The van der Waals surface area contributed by atoms with Crippen molar-refractivity contribution in [1.82, 2.24) is 0 Å². The van der Waals surface area contributed by atoms with Gasteiger partial charge in [-0.2, -0.15) is 0 Å². The highest BCUT2D eigenvalue weighted by atomic mass is 16.6. The molecule has 1 aliphatic heterocycles. The molecule has 15 heavy (non-hydrogen) atoms. The van der Waals surface area contributed by atoms with Crippen LogP contribution in [0.15, 0.2) is 0 Å². The van der Waals surface area contributed by atoms with Gasteiger partial charge < -0.3 is 19.9 Å². The molecule has 88 valence electrons. The standard InChI is InChI=1S/C10H19NO4/c1-7(15-8-5-14-6-8)4-10(2,11)9(12)13-3/h7-8H,4-6,11H2,1-3H3. The molecule has 1 rings (SSSR count). The summed E-state index contributed by atoms with van der Waals surface area (Å²) in [5.41, 5.74) is 4.83. The molecule has 0 aromatic rings. The van der Waals surface area contributed by atoms with E-state index in [2.05, 4.69) is 4.74 Å². The third-order valence-electron chi connectivity index (χ3n) is 2.40. The molecule has 1 fully saturated rings. The molecule has 0 amide bonds. The molecule has 1 aliphatic rings. The molecule has 2 N–H and O–H groups in total. The first-order chi connectivity index (χ1) is 6.95. The van der Waals surface area contributed by atoms with E-state index in [-0.39, 0.29) is 12.2 Å². The maximum Gasteiger partial charge on any atom is 0.325 e. The van der Waals surface area contributed by atoms with Gasteiger partial charge in [0.2, 0.25) is 0 Å². The van der Waals surface area contributed by atoms with Crippen LogP contribution in [0.4, 0.5) is 0 Å². The SMILES string of the molecule is COC(=O)C(C)(N)CC(C)OC1COC1. The van der Waals surface area contributed by atoms with Crippen molar-refractivity contribution in [2.24, 2.45) is 5.73 Å². The number of hydrogen-bond acceptors (Lipinski definition) is 5. The molecule has 0 radical (unpaired) electrons. The quantitative estimate of drug-likeness (QED) is 0.660. The predicted octanol–water partition coefficient (Wildman–Crippen LogP) is 0.0708. The number of esters is 1. The normalized spacial score (nSPS) is 22.7. The molecule has 0 saturated carbocycles. The fourth-order valence-electron chi connectivity index (χ4n) is 1.58. The minimum absolute atomic E-state index is 0.0759. The third kappa shape index (κ3) is 3.44. The van der Waals surface area contributed by atoms with E-state index < -0.39 is 11.5 Å². The van der Waals surface area contributed by atoms with Crippen LogP contribution in [0, 0.1) is 0 Å². The molecular formula is C10H19NO4. The lowest BCUT2D eigenvalue weighted by atomic mass is 9.96. The van der Waals surface area contributed by atoms with Gasteiger partial charge in [-0.25, -0.2) is 0 Å². The van der Waals surface area contributed by atoms with E-state index in [1.54, 1.807) is 6.92 Å². The number of nitrogens with two attached hydrogens (primary N) is 1. The molecule has 2 atom stereocenters. The van der Waals surface area contributed by atoms with Crippen LogP contribution in [0.2, 0.25) is 0 Å². The summed E-state index contributed by atoms with van der Waals surface area (Å²) < 4.78 is 15.2. The summed E-state index contributed by atoms with van der Waals surface area (Å²) in [6.07, 6.45) is 0.511. The summed E-state index contributed by atoms with van der Waals surface area (Å²) in [6.45, 7) is 4.80. The Morgan fingerprint density at radius 1 is 1.67 bits per heavy atom. The Labute approximate surface area is 89.9 Å². The van der Waals surface area contributed by atoms with Crippen molar-refractivity contribution in [3.63, 3.8) is 0 Å². The van der Waals surface area contributed by atoms with E-state index in [1.165, 1.54) is 7.11 Å². The van der Waals surface area contributed by atoms with E-state index in [9.17, 15) is 4.79 Å². The number of methoxy groups -OCH3 is 1. The number of carbonyl (C=O) groups is 1. The summed E-state index contributed by atoms with van der Waals surface area (Å²) in [7, 11) is 1.33. The first-order valence-electron chi connectivity index (χ1n) is 5.06. The average Bonchev–Trinajstić information content (AvgIpc) is 2.09. The number of carbonyl (C=O) groups excluding carboxylic acids is 1. The van der Waals surface area contributed by atoms with Crippen LogP contribution in [-0.4, -0.2) is 44.0 Å². The van der Waals surface area contributed by atoms with Gasteiger partial charge in [0.05, 0.1) is 26.4 Å². The van der Waals surface area contributed by atoms with E-state index in [0.717, 1.165) is 0 Å². The maximum absolute atomic E-state index is 11.3. The summed E-state index contributed by atoms with van der Waals surface area (Å²) in [5.74, 6) is -0.414. The molecule has 0 bridgehead atoms. The molecule has 0 aromatic carbocycles. The smallest absolute Gasteiger partial charge is 0.325 e. The van der Waals surface area contributed by atoms with Crippen molar-refractivity contribution in [2.45, 2.75) is 38.0 Å². The first-order valence-corrected chi connectivity index (χ1v) is 5.06. The minimum Gasteiger partial charge on any atom is -0.468 e. The summed E-state index contributed by atoms with van der Waals surface area (Å²) >= 11 is 0. The molecule has 5 nitrogen and oxygen atoms in total. The Bertz CT molecular complexity index is 225. The van der Waals surface area contributed by atoms with E-state index in [1.807, 2.05) is 6.92 Å². The predicted molar refractivity (Wildman–Crippen MR) is 54.4 cm³/mol. The third-order valence-corrected chi connectivity index (χ3v) is 2.40. The van der Waals surface area contributed by atoms with Crippen molar-refractivity contribution < 1.29 is 19.0 Å². The highest BCUT2D eigenvalue weighted by Crippen LogP contribution is 2.17. The Morgan fingerprint density at radius 3 is 2.67 bits per heavy atom. The number of ether oxygens (including phenoxy) is 3. The summed E-state index contributed by atoms with van der Waals surface area (Å²) in [4.78, 5) is 11.3. The van der Waals surface area contributed by atoms with Gasteiger partial charge in [0, 0.05) is 6.42 Å². The fraction of sp³-hybridized carbons (Fsp3) is 0.900. The topological polar surface area (TPSA) is 70.8 Å². The first kappa shape index (κ1) is 12.4. The lowest BCUT2D eigenvalue weighted by molar-refractivity contribution is -0.161. The Morgan fingerprint density at radius 2 is 2.27 bits per heavy atom. The lowest BCUT2D eigenvalue weighted by Gasteiger charge is -2.32. The average molecular weight is 217 g/mol. The monoisotopic (exact) mass is 217 g/mol. The lowest BCUT2D eigenvalue weighted by Crippen LogP contribution is -2.49. The van der Waals surface area contributed by atoms with E-state index >= 15 is 0 Å². The largest absolute Gasteiger partial charge is 0.468 e. The van der Waals surface area contributed by atoms with Crippen molar-refractivity contribution in [3.8, 4) is 0 Å². The molecule has 0 spiro atoms. The maximum atomic E-state index is 11.3. The molecule has 0 aliphatic carbocycles. The molecule has 1 heterocycles. The summed E-state index contributed by atoms with van der Waals surface area (Å²) in [5, 5.41) is 0. The van der Waals surface area contributed by atoms with Crippen LogP contribution in [0.3, 0.4) is 0 Å². The van der Waals surface area contributed by atoms with Crippen molar-refractivity contribution in [2.75, 3.05) is 20.3 Å². The van der Waals surface area contributed by atoms with Crippen molar-refractivity contribution >= 4 is 5.97 Å². The second kappa shape index (κ2) is 4.92. The molecule has 2 unspecified atom stereocenters. The zero-order valence-electron chi connectivity index (χ0n) is 9.49. The van der Waals surface area contributed by atoms with Crippen LogP contribution in [-0.2, 0) is 19.0 Å². The zero-order chi connectivity index (χ0) is 11.5. The Balaban J connectivity index is 2.34. The summed E-state index contributed by atoms with van der Waals surface area (Å²) in [6, 6.07) is 0. The van der Waals surface area contributed by atoms with Crippen LogP contribution in [0.25, 0.3) is 0 Å². The fourth-order valence-corrected chi connectivity index (χ4v) is 1.58. The molecule has 5 heteroatoms. The Kier molecular flexibility index (Phi) is 4.07. The van der Waals surface area contributed by atoms with Gasteiger partial charge in [0.25, 0.3) is 0 Å². The van der Waals surface area contributed by atoms with Gasteiger partial charge in [0.15, 0.2) is 0 Å². The van der Waals surface area contributed by atoms with Gasteiger partial charge >= 0.3 is 5.97 Å². The molecule has 1 saturated heterocycles. The van der Waals surface area contributed by atoms with Crippen LogP contribution < -0.4 is 5.73 Å². The highest BCUT2D eigenvalue weighted by molar-refractivity contribution is 5.79. The van der Waals surface area contributed by atoms with Crippen LogP contribution in [0.5, 0.6) is 0 Å². The van der Waals surface area contributed by atoms with Gasteiger partial charge in [-0.1, -0.05) is 0 Å². The molecular weight excluding hydrogens is 198 g/mol. The molecule has 0 aromatic heterocycles. The second-order valence-electron chi connectivity index (χ2n) is 4.22. The minimum atomic E-state index is -0.987. The van der Waals surface area contributed by atoms with Crippen LogP contribution >= 0.6 is 0 Å².